The molecule has 16 heavy (non-hydrogen) atoms. The Bertz CT molecular complexity index is 645. The number of hydrogen-bond donors (Lipinski definition) is 2. The molecular weight excluding hydrogens is 202 g/mol. The van der Waals surface area contributed by atoms with Crippen LogP contribution in [0.2, 0.25) is 0 Å². The lowest BCUT2D eigenvalue weighted by Crippen LogP contribution is -1.82. The first-order valence-corrected chi connectivity index (χ1v) is 4.93. The van der Waals surface area contributed by atoms with Crippen molar-refractivity contribution in [2.24, 2.45) is 0 Å². The van der Waals surface area contributed by atoms with Crippen molar-refractivity contribution >= 4 is 11.0 Å². The Morgan fingerprint density at radius 3 is 2.75 bits per heavy atom. The number of H-pyrrole nitrogens is 1. The van der Waals surface area contributed by atoms with Gasteiger partial charge in [0.15, 0.2) is 0 Å². The van der Waals surface area contributed by atoms with Crippen LogP contribution in [0.15, 0.2) is 42.9 Å². The number of pyridine rings is 2. The summed E-state index contributed by atoms with van der Waals surface area (Å²) in [6, 6.07) is 7.13. The Morgan fingerprint density at radius 1 is 1.06 bits per heavy atom. The molecule has 0 fully saturated rings. The Labute approximate surface area is 91.6 Å². The highest BCUT2D eigenvalue weighted by molar-refractivity contribution is 5.93. The molecule has 3 heterocycles. The fourth-order valence-electron chi connectivity index (χ4n) is 1.76. The smallest absolute Gasteiger partial charge is 0.141 e. The minimum atomic E-state index is 0.173. The van der Waals surface area contributed by atoms with E-state index in [9.17, 15) is 5.11 Å². The summed E-state index contributed by atoms with van der Waals surface area (Å²) in [5.74, 6) is 0.173. The van der Waals surface area contributed by atoms with E-state index in [0.717, 1.165) is 16.6 Å². The Hall–Kier alpha value is -2.36. The van der Waals surface area contributed by atoms with Gasteiger partial charge in [0.05, 0.1) is 0 Å². The zero-order chi connectivity index (χ0) is 11.0. The van der Waals surface area contributed by atoms with E-state index in [2.05, 4.69) is 15.0 Å². The monoisotopic (exact) mass is 211 g/mol. The predicted octanol–water partition coefficient (Wildman–Crippen LogP) is 2.33. The van der Waals surface area contributed by atoms with Crippen LogP contribution in [0.25, 0.3) is 22.3 Å². The summed E-state index contributed by atoms with van der Waals surface area (Å²) in [7, 11) is 0. The maximum atomic E-state index is 9.74. The van der Waals surface area contributed by atoms with Gasteiger partial charge in [-0.1, -0.05) is 0 Å². The zero-order valence-electron chi connectivity index (χ0n) is 8.38. The van der Waals surface area contributed by atoms with Crippen molar-refractivity contribution in [3.63, 3.8) is 0 Å². The largest absolute Gasteiger partial charge is 0.506 e. The lowest BCUT2D eigenvalue weighted by Gasteiger charge is -2.00. The van der Waals surface area contributed by atoms with Gasteiger partial charge in [0.2, 0.25) is 0 Å². The molecule has 3 aromatic heterocycles. The standard InChI is InChI=1S/C12H9N3O/c16-10-4-2-5-13-11(10)9-7-15-12-8(9)3-1-6-14-12/h1-7,16H,(H,14,15). The molecule has 0 saturated heterocycles. The van der Waals surface area contributed by atoms with Crippen molar-refractivity contribution in [3.05, 3.63) is 42.9 Å². The van der Waals surface area contributed by atoms with E-state index in [-0.39, 0.29) is 5.75 Å². The molecule has 0 radical (unpaired) electrons. The average Bonchev–Trinajstić information content (AvgIpc) is 2.74. The average molecular weight is 211 g/mol. The zero-order valence-corrected chi connectivity index (χ0v) is 8.38. The van der Waals surface area contributed by atoms with Crippen molar-refractivity contribution in [2.45, 2.75) is 0 Å². The summed E-state index contributed by atoms with van der Waals surface area (Å²) in [5, 5.41) is 10.7. The van der Waals surface area contributed by atoms with Gasteiger partial charge in [0.1, 0.15) is 17.1 Å². The molecule has 0 aliphatic carbocycles. The van der Waals surface area contributed by atoms with Crippen LogP contribution in [0.4, 0.5) is 0 Å². The van der Waals surface area contributed by atoms with Gasteiger partial charge >= 0.3 is 0 Å². The summed E-state index contributed by atoms with van der Waals surface area (Å²) >= 11 is 0. The Balaban J connectivity index is 2.31. The van der Waals surface area contributed by atoms with Gasteiger partial charge in [-0.05, 0) is 24.3 Å². The number of nitrogens with zero attached hydrogens (tertiary/aromatic N) is 2. The topological polar surface area (TPSA) is 61.8 Å². The molecule has 0 aromatic carbocycles. The molecule has 4 heteroatoms. The van der Waals surface area contributed by atoms with Gasteiger partial charge in [-0.25, -0.2) is 4.98 Å². The molecule has 3 aromatic rings. The first kappa shape index (κ1) is 8.91. The number of hydrogen-bond acceptors (Lipinski definition) is 3. The van der Waals surface area contributed by atoms with Crippen molar-refractivity contribution in [1.82, 2.24) is 15.0 Å². The molecule has 0 bridgehead atoms. The first-order chi connectivity index (χ1) is 7.86. The summed E-state index contributed by atoms with van der Waals surface area (Å²) in [5.41, 5.74) is 2.23. The van der Waals surface area contributed by atoms with Gasteiger partial charge in [-0.2, -0.15) is 0 Å². The third kappa shape index (κ3) is 1.24. The maximum Gasteiger partial charge on any atom is 0.141 e. The number of nitrogens with one attached hydrogen (secondary N) is 1. The molecule has 0 spiro atoms. The molecule has 78 valence electrons. The minimum Gasteiger partial charge on any atom is -0.506 e. The molecule has 0 aliphatic rings. The van der Waals surface area contributed by atoms with E-state index in [1.54, 1.807) is 30.7 Å². The molecule has 0 amide bonds. The van der Waals surface area contributed by atoms with Crippen LogP contribution in [-0.4, -0.2) is 20.1 Å². The maximum absolute atomic E-state index is 9.74. The van der Waals surface area contributed by atoms with E-state index in [4.69, 9.17) is 0 Å². The van der Waals surface area contributed by atoms with Crippen LogP contribution in [0.1, 0.15) is 0 Å². The Morgan fingerprint density at radius 2 is 1.88 bits per heavy atom. The van der Waals surface area contributed by atoms with Crippen molar-refractivity contribution in [3.8, 4) is 17.0 Å². The van der Waals surface area contributed by atoms with Crippen LogP contribution in [0, 0.1) is 0 Å². The minimum absolute atomic E-state index is 0.173. The van der Waals surface area contributed by atoms with E-state index in [1.807, 2.05) is 12.1 Å². The second kappa shape index (κ2) is 3.34. The van der Waals surface area contributed by atoms with E-state index < -0.39 is 0 Å². The number of aromatic hydroxyl groups is 1. The second-order valence-electron chi connectivity index (χ2n) is 3.47. The van der Waals surface area contributed by atoms with Crippen LogP contribution in [-0.2, 0) is 0 Å². The van der Waals surface area contributed by atoms with Crippen molar-refractivity contribution in [1.29, 1.82) is 0 Å². The molecule has 3 rings (SSSR count). The lowest BCUT2D eigenvalue weighted by atomic mass is 10.1. The SMILES string of the molecule is Oc1cccnc1-c1c[nH]c2ncccc12. The van der Waals surface area contributed by atoms with E-state index in [1.165, 1.54) is 0 Å². The van der Waals surface area contributed by atoms with Crippen LogP contribution in [0.5, 0.6) is 5.75 Å². The molecule has 0 aliphatic heterocycles. The molecule has 0 saturated carbocycles. The number of fused-ring (bicyclic) bond motifs is 1. The third-order valence-electron chi connectivity index (χ3n) is 2.49. The molecule has 2 N–H and O–H groups in total. The highest BCUT2D eigenvalue weighted by atomic mass is 16.3. The van der Waals surface area contributed by atoms with Gasteiger partial charge in [-0.15, -0.1) is 0 Å². The lowest BCUT2D eigenvalue weighted by molar-refractivity contribution is 0.475. The highest BCUT2D eigenvalue weighted by Crippen LogP contribution is 2.31. The summed E-state index contributed by atoms with van der Waals surface area (Å²) in [4.78, 5) is 11.4. The number of rotatable bonds is 1. The van der Waals surface area contributed by atoms with Crippen LogP contribution in [0.3, 0.4) is 0 Å². The van der Waals surface area contributed by atoms with Gasteiger partial charge in [0.25, 0.3) is 0 Å². The highest BCUT2D eigenvalue weighted by Gasteiger charge is 2.10. The summed E-state index contributed by atoms with van der Waals surface area (Å²) in [6.07, 6.45) is 5.19. The van der Waals surface area contributed by atoms with Crippen molar-refractivity contribution < 1.29 is 5.11 Å². The molecule has 0 atom stereocenters. The molecule has 0 unspecified atom stereocenters. The molecule has 4 nitrogen and oxygen atoms in total. The first-order valence-electron chi connectivity index (χ1n) is 4.93. The van der Waals surface area contributed by atoms with E-state index in [0.29, 0.717) is 5.69 Å². The Kier molecular flexibility index (Phi) is 1.86. The van der Waals surface area contributed by atoms with Crippen LogP contribution < -0.4 is 0 Å². The fraction of sp³-hybridized carbons (Fsp3) is 0. The van der Waals surface area contributed by atoms with Gasteiger partial charge < -0.3 is 10.1 Å². The van der Waals surface area contributed by atoms with Crippen molar-refractivity contribution in [2.75, 3.05) is 0 Å². The second-order valence-corrected chi connectivity index (χ2v) is 3.47. The number of aromatic nitrogens is 3. The van der Waals surface area contributed by atoms with Crippen LogP contribution >= 0.6 is 0 Å². The summed E-state index contributed by atoms with van der Waals surface area (Å²) < 4.78 is 0. The quantitative estimate of drug-likeness (QED) is 0.649. The molecular formula is C12H9N3O. The van der Waals surface area contributed by atoms with Gasteiger partial charge in [0, 0.05) is 29.5 Å². The number of aromatic amines is 1. The third-order valence-corrected chi connectivity index (χ3v) is 2.49. The van der Waals surface area contributed by atoms with Gasteiger partial charge in [-0.3, -0.25) is 4.98 Å². The van der Waals surface area contributed by atoms with E-state index >= 15 is 0 Å². The summed E-state index contributed by atoms with van der Waals surface area (Å²) in [6.45, 7) is 0. The normalized spacial score (nSPS) is 10.8. The predicted molar refractivity (Wildman–Crippen MR) is 61.0 cm³/mol. The fourth-order valence-corrected chi connectivity index (χ4v) is 1.76.